The minimum absolute atomic E-state index is 0.0584. The number of nitriles is 1. The lowest BCUT2D eigenvalue weighted by Gasteiger charge is -2.10. The molecule has 0 aliphatic heterocycles. The number of hydrogen-bond donors (Lipinski definition) is 2. The molecule has 8 heteroatoms. The standard InChI is InChI=1S/C27H24BrN3O4/c1-3-34-23-11-9-22(10-12-23)31-27(33)20(16-29)14-19-6-13-25(24(28)15-19)35-17-26(32)30-21-7-4-18(2)5-8-21/h4-15H,3,17H2,1-2H3,(H,30,32)(H,31,33)/b20-14+. The molecule has 0 spiro atoms. The van der Waals surface area contributed by atoms with Gasteiger partial charge in [0, 0.05) is 11.4 Å². The van der Waals surface area contributed by atoms with E-state index in [0.29, 0.717) is 39.5 Å². The molecule has 0 radical (unpaired) electrons. The van der Waals surface area contributed by atoms with Gasteiger partial charge in [-0.3, -0.25) is 9.59 Å². The number of ether oxygens (including phenoxy) is 2. The van der Waals surface area contributed by atoms with E-state index >= 15 is 0 Å². The Morgan fingerprint density at radius 1 is 0.971 bits per heavy atom. The second-order valence-corrected chi connectivity index (χ2v) is 8.33. The highest BCUT2D eigenvalue weighted by atomic mass is 79.9. The summed E-state index contributed by atoms with van der Waals surface area (Å²) in [7, 11) is 0. The Morgan fingerprint density at radius 3 is 2.26 bits per heavy atom. The zero-order valence-electron chi connectivity index (χ0n) is 19.3. The van der Waals surface area contributed by atoms with Gasteiger partial charge >= 0.3 is 0 Å². The molecule has 0 saturated carbocycles. The molecule has 3 aromatic carbocycles. The molecule has 178 valence electrons. The van der Waals surface area contributed by atoms with Crippen molar-refractivity contribution < 1.29 is 19.1 Å². The van der Waals surface area contributed by atoms with Crippen LogP contribution in [0.5, 0.6) is 11.5 Å². The number of anilines is 2. The lowest BCUT2D eigenvalue weighted by atomic mass is 10.1. The maximum atomic E-state index is 12.5. The van der Waals surface area contributed by atoms with E-state index in [-0.39, 0.29) is 18.1 Å². The Hall–Kier alpha value is -4.09. The van der Waals surface area contributed by atoms with Crippen molar-refractivity contribution in [1.29, 1.82) is 5.26 Å². The van der Waals surface area contributed by atoms with Crippen LogP contribution in [0.25, 0.3) is 6.08 Å². The topological polar surface area (TPSA) is 100 Å². The van der Waals surface area contributed by atoms with Crippen LogP contribution in [0.2, 0.25) is 0 Å². The summed E-state index contributed by atoms with van der Waals surface area (Å²) in [6.07, 6.45) is 1.47. The highest BCUT2D eigenvalue weighted by Crippen LogP contribution is 2.27. The molecule has 0 aliphatic carbocycles. The average molecular weight is 534 g/mol. The number of halogens is 1. The van der Waals surface area contributed by atoms with Gasteiger partial charge in [0.2, 0.25) is 0 Å². The summed E-state index contributed by atoms with van der Waals surface area (Å²) in [5, 5.41) is 14.9. The lowest BCUT2D eigenvalue weighted by Crippen LogP contribution is -2.20. The summed E-state index contributed by atoms with van der Waals surface area (Å²) >= 11 is 3.41. The average Bonchev–Trinajstić information content (AvgIpc) is 2.84. The number of carbonyl (C=O) groups excluding carboxylic acids is 2. The van der Waals surface area contributed by atoms with Crippen molar-refractivity contribution in [3.63, 3.8) is 0 Å². The monoisotopic (exact) mass is 533 g/mol. The van der Waals surface area contributed by atoms with Crippen molar-refractivity contribution in [2.45, 2.75) is 13.8 Å². The van der Waals surface area contributed by atoms with E-state index in [2.05, 4.69) is 26.6 Å². The fraction of sp³-hybridized carbons (Fsp3) is 0.148. The van der Waals surface area contributed by atoms with Gasteiger partial charge in [0.15, 0.2) is 6.61 Å². The van der Waals surface area contributed by atoms with Crippen LogP contribution in [-0.2, 0) is 9.59 Å². The molecule has 0 unspecified atom stereocenters. The number of aryl methyl sites for hydroxylation is 1. The van der Waals surface area contributed by atoms with Gasteiger partial charge in [-0.2, -0.15) is 5.26 Å². The van der Waals surface area contributed by atoms with Gasteiger partial charge in [-0.1, -0.05) is 23.8 Å². The van der Waals surface area contributed by atoms with Crippen molar-refractivity contribution in [3.05, 3.63) is 87.9 Å². The van der Waals surface area contributed by atoms with Gasteiger partial charge in [-0.05, 0) is 89.9 Å². The number of carbonyl (C=O) groups is 2. The fourth-order valence-corrected chi connectivity index (χ4v) is 3.53. The first kappa shape index (κ1) is 25.5. The predicted molar refractivity (Wildman–Crippen MR) is 139 cm³/mol. The van der Waals surface area contributed by atoms with Crippen molar-refractivity contribution in [2.75, 3.05) is 23.8 Å². The Bertz CT molecular complexity index is 1260. The molecule has 3 rings (SSSR count). The third-order valence-electron chi connectivity index (χ3n) is 4.75. The van der Waals surface area contributed by atoms with E-state index in [0.717, 1.165) is 5.56 Å². The summed E-state index contributed by atoms with van der Waals surface area (Å²) < 4.78 is 11.6. The van der Waals surface area contributed by atoms with Crippen LogP contribution in [0.3, 0.4) is 0 Å². The summed E-state index contributed by atoms with van der Waals surface area (Å²) in [6, 6.07) is 21.3. The second kappa shape index (κ2) is 12.4. The Morgan fingerprint density at radius 2 is 1.63 bits per heavy atom. The molecule has 0 aromatic heterocycles. The van der Waals surface area contributed by atoms with Crippen LogP contribution in [0, 0.1) is 18.3 Å². The number of amides is 2. The van der Waals surface area contributed by atoms with E-state index in [1.807, 2.05) is 44.2 Å². The zero-order valence-corrected chi connectivity index (χ0v) is 20.9. The third kappa shape index (κ3) is 7.73. The smallest absolute Gasteiger partial charge is 0.266 e. The maximum Gasteiger partial charge on any atom is 0.266 e. The number of hydrogen-bond acceptors (Lipinski definition) is 5. The molecule has 35 heavy (non-hydrogen) atoms. The number of benzene rings is 3. The van der Waals surface area contributed by atoms with Crippen molar-refractivity contribution in [3.8, 4) is 17.6 Å². The molecule has 0 fully saturated rings. The van der Waals surface area contributed by atoms with Crippen LogP contribution in [0.1, 0.15) is 18.1 Å². The predicted octanol–water partition coefficient (Wildman–Crippen LogP) is 5.72. The first-order chi connectivity index (χ1) is 16.9. The molecule has 0 atom stereocenters. The Balaban J connectivity index is 1.60. The summed E-state index contributed by atoms with van der Waals surface area (Å²) in [5.41, 5.74) is 2.90. The minimum Gasteiger partial charge on any atom is -0.494 e. The number of nitrogens with zero attached hydrogens (tertiary/aromatic N) is 1. The largest absolute Gasteiger partial charge is 0.494 e. The Kier molecular flexibility index (Phi) is 9.04. The van der Waals surface area contributed by atoms with Crippen LogP contribution in [-0.4, -0.2) is 25.0 Å². The van der Waals surface area contributed by atoms with Crippen molar-refractivity contribution in [1.82, 2.24) is 0 Å². The van der Waals surface area contributed by atoms with Gasteiger partial charge in [0.05, 0.1) is 11.1 Å². The number of nitrogens with one attached hydrogen (secondary N) is 2. The van der Waals surface area contributed by atoms with Gasteiger partial charge in [0.25, 0.3) is 11.8 Å². The zero-order chi connectivity index (χ0) is 25.2. The van der Waals surface area contributed by atoms with E-state index in [9.17, 15) is 14.9 Å². The molecule has 0 bridgehead atoms. The molecule has 0 heterocycles. The van der Waals surface area contributed by atoms with Crippen LogP contribution >= 0.6 is 15.9 Å². The molecular formula is C27H24BrN3O4. The quantitative estimate of drug-likeness (QED) is 0.270. The van der Waals surface area contributed by atoms with Crippen molar-refractivity contribution in [2.24, 2.45) is 0 Å². The second-order valence-electron chi connectivity index (χ2n) is 7.47. The van der Waals surface area contributed by atoms with E-state index in [1.54, 1.807) is 42.5 Å². The normalized spacial score (nSPS) is 10.7. The summed E-state index contributed by atoms with van der Waals surface area (Å²) in [5.74, 6) is 0.336. The van der Waals surface area contributed by atoms with Gasteiger partial charge < -0.3 is 20.1 Å². The molecule has 2 N–H and O–H groups in total. The maximum absolute atomic E-state index is 12.5. The Labute approximate surface area is 212 Å². The first-order valence-electron chi connectivity index (χ1n) is 10.8. The highest BCUT2D eigenvalue weighted by molar-refractivity contribution is 9.10. The number of rotatable bonds is 9. The van der Waals surface area contributed by atoms with E-state index in [1.165, 1.54) is 6.08 Å². The molecule has 7 nitrogen and oxygen atoms in total. The van der Waals surface area contributed by atoms with Crippen molar-refractivity contribution >= 4 is 45.2 Å². The lowest BCUT2D eigenvalue weighted by molar-refractivity contribution is -0.118. The molecule has 2 amide bonds. The molecule has 0 aliphatic rings. The SMILES string of the molecule is CCOc1ccc(NC(=O)/C(C#N)=C/c2ccc(OCC(=O)Nc3ccc(C)cc3)c(Br)c2)cc1. The minimum atomic E-state index is -0.527. The summed E-state index contributed by atoms with van der Waals surface area (Å²) in [6.45, 7) is 4.24. The summed E-state index contributed by atoms with van der Waals surface area (Å²) in [4.78, 5) is 24.7. The first-order valence-corrected chi connectivity index (χ1v) is 11.6. The van der Waals surface area contributed by atoms with Crippen LogP contribution in [0.4, 0.5) is 11.4 Å². The molecule has 0 saturated heterocycles. The molecular weight excluding hydrogens is 510 g/mol. The van der Waals surface area contributed by atoms with Crippen LogP contribution in [0.15, 0.2) is 76.8 Å². The highest BCUT2D eigenvalue weighted by Gasteiger charge is 2.11. The van der Waals surface area contributed by atoms with E-state index < -0.39 is 5.91 Å². The third-order valence-corrected chi connectivity index (χ3v) is 5.37. The van der Waals surface area contributed by atoms with Crippen LogP contribution < -0.4 is 20.1 Å². The van der Waals surface area contributed by atoms with Gasteiger partial charge in [0.1, 0.15) is 23.1 Å². The van der Waals surface area contributed by atoms with Gasteiger partial charge in [-0.15, -0.1) is 0 Å². The fourth-order valence-electron chi connectivity index (χ4n) is 3.02. The molecule has 3 aromatic rings. The van der Waals surface area contributed by atoms with E-state index in [4.69, 9.17) is 9.47 Å². The van der Waals surface area contributed by atoms with Gasteiger partial charge in [-0.25, -0.2) is 0 Å².